The number of hydrogen-bond acceptors (Lipinski definition) is 2. The predicted molar refractivity (Wildman–Crippen MR) is 73.6 cm³/mol. The number of fused-ring (bicyclic) bond motifs is 1. The van der Waals surface area contributed by atoms with E-state index in [1.165, 1.54) is 0 Å². The highest BCUT2D eigenvalue weighted by Crippen LogP contribution is 2.27. The van der Waals surface area contributed by atoms with Crippen LogP contribution in [-0.2, 0) is 11.3 Å². The van der Waals surface area contributed by atoms with E-state index in [1.54, 1.807) is 0 Å². The van der Waals surface area contributed by atoms with Crippen molar-refractivity contribution in [1.82, 2.24) is 4.57 Å². The van der Waals surface area contributed by atoms with Crippen LogP contribution in [0.15, 0.2) is 18.2 Å². The first-order chi connectivity index (χ1) is 8.69. The molecule has 1 aromatic carbocycles. The van der Waals surface area contributed by atoms with Crippen molar-refractivity contribution in [1.29, 1.82) is 0 Å². The van der Waals surface area contributed by atoms with Crippen LogP contribution in [0.4, 0.5) is 0 Å². The first-order valence-corrected chi connectivity index (χ1v) is 6.38. The molecular formula is C14H16ClNO2. The zero-order valence-electron chi connectivity index (χ0n) is 10.6. The highest BCUT2D eigenvalue weighted by molar-refractivity contribution is 6.31. The van der Waals surface area contributed by atoms with Crippen LogP contribution in [0, 0.1) is 6.92 Å². The fourth-order valence-electron chi connectivity index (χ4n) is 2.22. The van der Waals surface area contributed by atoms with Gasteiger partial charge in [0, 0.05) is 40.3 Å². The van der Waals surface area contributed by atoms with Crippen molar-refractivity contribution in [2.45, 2.75) is 20.4 Å². The van der Waals surface area contributed by atoms with E-state index < -0.39 is 0 Å². The number of ether oxygens (including phenoxy) is 1. The van der Waals surface area contributed by atoms with Gasteiger partial charge in [-0.25, -0.2) is 0 Å². The molecule has 96 valence electrons. The molecular weight excluding hydrogens is 250 g/mol. The summed E-state index contributed by atoms with van der Waals surface area (Å²) in [6.45, 7) is 6.00. The van der Waals surface area contributed by atoms with Crippen molar-refractivity contribution in [2.24, 2.45) is 0 Å². The van der Waals surface area contributed by atoms with E-state index >= 15 is 0 Å². The monoisotopic (exact) mass is 265 g/mol. The fraction of sp³-hybridized carbons (Fsp3) is 0.357. The zero-order valence-corrected chi connectivity index (χ0v) is 11.3. The summed E-state index contributed by atoms with van der Waals surface area (Å²) in [5, 5.41) is 1.55. The molecule has 0 bridgehead atoms. The molecule has 0 amide bonds. The molecule has 0 saturated carbocycles. The van der Waals surface area contributed by atoms with E-state index in [4.69, 9.17) is 16.3 Å². The van der Waals surface area contributed by atoms with E-state index in [1.807, 2.05) is 32.0 Å². The van der Waals surface area contributed by atoms with Crippen LogP contribution in [0.5, 0.6) is 0 Å². The third kappa shape index (κ3) is 2.28. The average Bonchev–Trinajstić information content (AvgIpc) is 2.61. The lowest BCUT2D eigenvalue weighted by atomic mass is 10.1. The van der Waals surface area contributed by atoms with Crippen LogP contribution in [0.3, 0.4) is 0 Å². The molecule has 0 aliphatic rings. The molecule has 2 aromatic rings. The second-order valence-corrected chi connectivity index (χ2v) is 4.56. The predicted octanol–water partition coefficient (Wildman–Crippen LogP) is 3.45. The van der Waals surface area contributed by atoms with Crippen LogP contribution < -0.4 is 0 Å². The van der Waals surface area contributed by atoms with E-state index in [0.29, 0.717) is 23.8 Å². The number of benzene rings is 1. The summed E-state index contributed by atoms with van der Waals surface area (Å²) in [5.74, 6) is 0. The number of aromatic nitrogens is 1. The molecule has 18 heavy (non-hydrogen) atoms. The highest BCUT2D eigenvalue weighted by Gasteiger charge is 2.13. The third-order valence-corrected chi connectivity index (χ3v) is 3.35. The van der Waals surface area contributed by atoms with E-state index in [2.05, 4.69) is 4.57 Å². The number of halogens is 1. The van der Waals surface area contributed by atoms with Gasteiger partial charge in [-0.2, -0.15) is 0 Å². The van der Waals surface area contributed by atoms with Crippen molar-refractivity contribution in [3.05, 3.63) is 34.5 Å². The zero-order chi connectivity index (χ0) is 13.1. The van der Waals surface area contributed by atoms with Crippen molar-refractivity contribution < 1.29 is 9.53 Å². The standard InChI is InChI=1S/C14H16ClNO2/c1-3-18-7-6-16-10(2)13(9-17)12-8-11(15)4-5-14(12)16/h4-5,8-9H,3,6-7H2,1-2H3. The van der Waals surface area contributed by atoms with Crippen LogP contribution in [0.2, 0.25) is 5.02 Å². The third-order valence-electron chi connectivity index (χ3n) is 3.12. The lowest BCUT2D eigenvalue weighted by Crippen LogP contribution is -2.07. The molecule has 3 nitrogen and oxygen atoms in total. The summed E-state index contributed by atoms with van der Waals surface area (Å²) in [4.78, 5) is 11.2. The van der Waals surface area contributed by atoms with E-state index in [9.17, 15) is 4.79 Å². The maximum Gasteiger partial charge on any atom is 0.152 e. The van der Waals surface area contributed by atoms with Gasteiger partial charge < -0.3 is 9.30 Å². The van der Waals surface area contributed by atoms with Gasteiger partial charge in [-0.1, -0.05) is 11.6 Å². The Morgan fingerprint density at radius 1 is 1.44 bits per heavy atom. The minimum Gasteiger partial charge on any atom is -0.380 e. The molecule has 0 aliphatic heterocycles. The summed E-state index contributed by atoms with van der Waals surface area (Å²) in [6, 6.07) is 5.63. The molecule has 4 heteroatoms. The number of nitrogens with zero attached hydrogens (tertiary/aromatic N) is 1. The number of carbonyl (C=O) groups is 1. The first kappa shape index (κ1) is 13.1. The Morgan fingerprint density at radius 2 is 2.22 bits per heavy atom. The van der Waals surface area contributed by atoms with E-state index in [0.717, 1.165) is 29.4 Å². The molecule has 0 N–H and O–H groups in total. The maximum absolute atomic E-state index is 11.2. The topological polar surface area (TPSA) is 31.2 Å². The number of rotatable bonds is 5. The Kier molecular flexibility index (Phi) is 4.04. The summed E-state index contributed by atoms with van der Waals surface area (Å²) in [7, 11) is 0. The average molecular weight is 266 g/mol. The van der Waals surface area contributed by atoms with Crippen molar-refractivity contribution in [3.8, 4) is 0 Å². The van der Waals surface area contributed by atoms with Crippen molar-refractivity contribution >= 4 is 28.8 Å². The van der Waals surface area contributed by atoms with Gasteiger partial charge in [-0.3, -0.25) is 4.79 Å². The van der Waals surface area contributed by atoms with Crippen LogP contribution in [-0.4, -0.2) is 24.1 Å². The van der Waals surface area contributed by atoms with Crippen molar-refractivity contribution in [2.75, 3.05) is 13.2 Å². The maximum atomic E-state index is 11.2. The van der Waals surface area contributed by atoms with Gasteiger partial charge in [0.05, 0.1) is 6.61 Å². The van der Waals surface area contributed by atoms with E-state index in [-0.39, 0.29) is 0 Å². The lowest BCUT2D eigenvalue weighted by Gasteiger charge is -2.08. The Bertz CT molecular complexity index is 575. The summed E-state index contributed by atoms with van der Waals surface area (Å²) in [5.41, 5.74) is 2.70. The molecule has 2 rings (SSSR count). The van der Waals surface area contributed by atoms with Gasteiger partial charge in [-0.05, 0) is 32.0 Å². The molecule has 0 saturated heterocycles. The molecule has 0 radical (unpaired) electrons. The minimum atomic E-state index is 0.641. The van der Waals surface area contributed by atoms with Crippen LogP contribution in [0.25, 0.3) is 10.9 Å². The van der Waals surface area contributed by atoms with Gasteiger partial charge in [0.25, 0.3) is 0 Å². The molecule has 1 heterocycles. The van der Waals surface area contributed by atoms with Crippen LogP contribution in [0.1, 0.15) is 23.0 Å². The summed E-state index contributed by atoms with van der Waals surface area (Å²) in [6.07, 6.45) is 0.894. The molecule has 0 aliphatic carbocycles. The normalized spacial score (nSPS) is 11.1. The van der Waals surface area contributed by atoms with Crippen molar-refractivity contribution in [3.63, 3.8) is 0 Å². The second kappa shape index (κ2) is 5.55. The number of carbonyl (C=O) groups excluding carboxylic acids is 1. The molecule has 1 aromatic heterocycles. The number of hydrogen-bond donors (Lipinski definition) is 0. The largest absolute Gasteiger partial charge is 0.380 e. The summed E-state index contributed by atoms with van der Waals surface area (Å²) >= 11 is 5.99. The van der Waals surface area contributed by atoms with Gasteiger partial charge in [0.2, 0.25) is 0 Å². The molecule has 0 fully saturated rings. The quantitative estimate of drug-likeness (QED) is 0.612. The number of aldehydes is 1. The Hall–Kier alpha value is -1.32. The Balaban J connectivity index is 2.51. The first-order valence-electron chi connectivity index (χ1n) is 6.00. The SMILES string of the molecule is CCOCCn1c(C)c(C=O)c2cc(Cl)ccc21. The second-order valence-electron chi connectivity index (χ2n) is 4.13. The Labute approximate surface area is 111 Å². The molecule has 0 unspecified atom stereocenters. The minimum absolute atomic E-state index is 0.641. The van der Waals surface area contributed by atoms with Gasteiger partial charge in [0.15, 0.2) is 6.29 Å². The van der Waals surface area contributed by atoms with Crippen LogP contribution >= 0.6 is 11.6 Å². The fourth-order valence-corrected chi connectivity index (χ4v) is 2.39. The van der Waals surface area contributed by atoms with Gasteiger partial charge in [0.1, 0.15) is 0 Å². The molecule has 0 atom stereocenters. The lowest BCUT2D eigenvalue weighted by molar-refractivity contribution is 0.112. The molecule has 0 spiro atoms. The highest BCUT2D eigenvalue weighted by atomic mass is 35.5. The van der Waals surface area contributed by atoms with Gasteiger partial charge in [-0.15, -0.1) is 0 Å². The van der Waals surface area contributed by atoms with Gasteiger partial charge >= 0.3 is 0 Å². The Morgan fingerprint density at radius 3 is 2.89 bits per heavy atom. The summed E-state index contributed by atoms with van der Waals surface area (Å²) < 4.78 is 7.47. The smallest absolute Gasteiger partial charge is 0.152 e.